The molecule has 112 valence electrons. The lowest BCUT2D eigenvalue weighted by molar-refractivity contribution is -0.127. The van der Waals surface area contributed by atoms with Gasteiger partial charge >= 0.3 is 0 Å². The van der Waals surface area contributed by atoms with Crippen LogP contribution in [0, 0.1) is 11.6 Å². The Bertz CT molecular complexity index is 604. The van der Waals surface area contributed by atoms with Gasteiger partial charge in [0.1, 0.15) is 17.7 Å². The van der Waals surface area contributed by atoms with Crippen molar-refractivity contribution in [1.82, 2.24) is 5.32 Å². The third kappa shape index (κ3) is 2.50. The van der Waals surface area contributed by atoms with Crippen LogP contribution in [0.15, 0.2) is 12.1 Å². The average Bonchev–Trinajstić information content (AvgIpc) is 2.80. The highest BCUT2D eigenvalue weighted by Crippen LogP contribution is 2.33. The molecule has 1 aromatic rings. The molecule has 6 heteroatoms. The Hall–Kier alpha value is -1.98. The van der Waals surface area contributed by atoms with Crippen molar-refractivity contribution in [2.75, 3.05) is 11.4 Å². The van der Waals surface area contributed by atoms with Gasteiger partial charge in [0.25, 0.3) is 0 Å². The Balaban J connectivity index is 1.88. The van der Waals surface area contributed by atoms with Crippen molar-refractivity contribution in [3.63, 3.8) is 0 Å². The SMILES string of the molecule is O=C1CCCC[C@@H](C(=O)N2CCc3c(F)ccc(F)c32)N1. The molecule has 21 heavy (non-hydrogen) atoms. The van der Waals surface area contributed by atoms with Crippen LogP contribution in [0.2, 0.25) is 0 Å². The Morgan fingerprint density at radius 3 is 2.76 bits per heavy atom. The Morgan fingerprint density at radius 2 is 1.95 bits per heavy atom. The first kappa shape index (κ1) is 14.0. The van der Waals surface area contributed by atoms with Gasteiger partial charge in [-0.05, 0) is 31.4 Å². The molecule has 3 rings (SSSR count). The first-order valence-electron chi connectivity index (χ1n) is 7.15. The maximum Gasteiger partial charge on any atom is 0.249 e. The van der Waals surface area contributed by atoms with Crippen molar-refractivity contribution in [3.05, 3.63) is 29.3 Å². The molecule has 1 fully saturated rings. The molecule has 1 aromatic carbocycles. The molecule has 0 saturated carbocycles. The van der Waals surface area contributed by atoms with E-state index in [4.69, 9.17) is 0 Å². The molecule has 0 spiro atoms. The van der Waals surface area contributed by atoms with Crippen LogP contribution in [0.25, 0.3) is 0 Å². The third-order valence-electron chi connectivity index (χ3n) is 4.08. The summed E-state index contributed by atoms with van der Waals surface area (Å²) in [5.41, 5.74) is 0.266. The molecule has 1 N–H and O–H groups in total. The van der Waals surface area contributed by atoms with E-state index >= 15 is 0 Å². The van der Waals surface area contributed by atoms with E-state index in [9.17, 15) is 18.4 Å². The molecular weight excluding hydrogens is 278 g/mol. The number of carbonyl (C=O) groups excluding carboxylic acids is 2. The minimum atomic E-state index is -0.645. The molecule has 2 aliphatic rings. The summed E-state index contributed by atoms with van der Waals surface area (Å²) in [5.74, 6) is -1.61. The van der Waals surface area contributed by atoms with Crippen LogP contribution in [0.3, 0.4) is 0 Å². The topological polar surface area (TPSA) is 49.4 Å². The van der Waals surface area contributed by atoms with Gasteiger partial charge in [-0.25, -0.2) is 8.78 Å². The van der Waals surface area contributed by atoms with E-state index in [2.05, 4.69) is 5.32 Å². The highest BCUT2D eigenvalue weighted by Gasteiger charge is 2.34. The first-order chi connectivity index (χ1) is 10.1. The highest BCUT2D eigenvalue weighted by molar-refractivity contribution is 6.01. The zero-order chi connectivity index (χ0) is 15.0. The summed E-state index contributed by atoms with van der Waals surface area (Å²) in [4.78, 5) is 25.4. The quantitative estimate of drug-likeness (QED) is 0.860. The van der Waals surface area contributed by atoms with E-state index in [1.165, 1.54) is 4.90 Å². The molecule has 0 unspecified atom stereocenters. The maximum atomic E-state index is 14.0. The van der Waals surface area contributed by atoms with E-state index in [1.807, 2.05) is 0 Å². The second kappa shape index (κ2) is 5.42. The van der Waals surface area contributed by atoms with Crippen molar-refractivity contribution < 1.29 is 18.4 Å². The van der Waals surface area contributed by atoms with Gasteiger partial charge < -0.3 is 10.2 Å². The van der Waals surface area contributed by atoms with Crippen molar-refractivity contribution in [3.8, 4) is 0 Å². The van der Waals surface area contributed by atoms with E-state index in [0.29, 0.717) is 19.3 Å². The van der Waals surface area contributed by atoms with E-state index in [-0.39, 0.29) is 29.6 Å². The lowest BCUT2D eigenvalue weighted by Crippen LogP contribution is -2.47. The van der Waals surface area contributed by atoms with Crippen LogP contribution in [0.1, 0.15) is 31.2 Å². The van der Waals surface area contributed by atoms with Crippen LogP contribution in [0.5, 0.6) is 0 Å². The van der Waals surface area contributed by atoms with E-state index < -0.39 is 17.7 Å². The number of amides is 2. The monoisotopic (exact) mass is 294 g/mol. The maximum absolute atomic E-state index is 14.0. The van der Waals surface area contributed by atoms with Gasteiger partial charge in [-0.2, -0.15) is 0 Å². The molecule has 0 radical (unpaired) electrons. The van der Waals surface area contributed by atoms with E-state index in [1.54, 1.807) is 0 Å². The van der Waals surface area contributed by atoms with Gasteiger partial charge in [-0.15, -0.1) is 0 Å². The second-order valence-corrected chi connectivity index (χ2v) is 5.46. The lowest BCUT2D eigenvalue weighted by Gasteiger charge is -2.24. The number of anilines is 1. The molecule has 2 amide bonds. The van der Waals surface area contributed by atoms with Crippen molar-refractivity contribution in [1.29, 1.82) is 0 Å². The zero-order valence-electron chi connectivity index (χ0n) is 11.5. The smallest absolute Gasteiger partial charge is 0.249 e. The predicted octanol–water partition coefficient (Wildman–Crippen LogP) is 1.91. The third-order valence-corrected chi connectivity index (χ3v) is 4.08. The van der Waals surface area contributed by atoms with Gasteiger partial charge in [-0.1, -0.05) is 6.42 Å². The van der Waals surface area contributed by atoms with Gasteiger partial charge in [0, 0.05) is 18.5 Å². The number of fused-ring (bicyclic) bond motifs is 1. The summed E-state index contributed by atoms with van der Waals surface area (Å²) in [7, 11) is 0. The number of benzene rings is 1. The number of hydrogen-bond donors (Lipinski definition) is 1. The van der Waals surface area contributed by atoms with Gasteiger partial charge in [0.15, 0.2) is 0 Å². The van der Waals surface area contributed by atoms with Gasteiger partial charge in [0.2, 0.25) is 11.8 Å². The Kier molecular flexibility index (Phi) is 3.61. The molecule has 0 aromatic heterocycles. The summed E-state index contributed by atoms with van der Waals surface area (Å²) in [6.07, 6.45) is 2.75. The van der Waals surface area contributed by atoms with Gasteiger partial charge in [-0.3, -0.25) is 9.59 Å². The van der Waals surface area contributed by atoms with Crippen LogP contribution >= 0.6 is 0 Å². The van der Waals surface area contributed by atoms with Crippen LogP contribution in [0.4, 0.5) is 14.5 Å². The Morgan fingerprint density at radius 1 is 1.19 bits per heavy atom. The summed E-state index contributed by atoms with van der Waals surface area (Å²) in [6, 6.07) is 1.47. The average molecular weight is 294 g/mol. The van der Waals surface area contributed by atoms with Crippen molar-refractivity contribution >= 4 is 17.5 Å². The molecule has 0 aliphatic carbocycles. The summed E-state index contributed by atoms with van der Waals surface area (Å²) in [5, 5.41) is 2.67. The lowest BCUT2D eigenvalue weighted by atomic mass is 10.1. The number of halogens is 2. The predicted molar refractivity (Wildman–Crippen MR) is 72.8 cm³/mol. The molecule has 0 bridgehead atoms. The molecular formula is C15H16F2N2O2. The number of nitrogens with one attached hydrogen (secondary N) is 1. The molecule has 1 saturated heterocycles. The second-order valence-electron chi connectivity index (χ2n) is 5.46. The van der Waals surface area contributed by atoms with Crippen molar-refractivity contribution in [2.24, 2.45) is 0 Å². The van der Waals surface area contributed by atoms with Crippen LogP contribution in [-0.4, -0.2) is 24.4 Å². The number of nitrogens with zero attached hydrogens (tertiary/aromatic N) is 1. The standard InChI is InChI=1S/C15H16F2N2O2/c16-10-5-6-11(17)14-9(10)7-8-19(14)15(21)12-3-1-2-4-13(20)18-12/h5-6,12H,1-4,7-8H2,(H,18,20)/t12-/m0/s1. The molecule has 1 atom stereocenters. The fourth-order valence-corrected chi connectivity index (χ4v) is 3.01. The van der Waals surface area contributed by atoms with E-state index in [0.717, 1.165) is 25.0 Å². The van der Waals surface area contributed by atoms with Crippen LogP contribution in [-0.2, 0) is 16.0 Å². The minimum absolute atomic E-state index is 0.0264. The fourth-order valence-electron chi connectivity index (χ4n) is 3.01. The Labute approximate surface area is 121 Å². The van der Waals surface area contributed by atoms with Crippen LogP contribution < -0.4 is 10.2 Å². The minimum Gasteiger partial charge on any atom is -0.344 e. The summed E-state index contributed by atoms with van der Waals surface area (Å²) < 4.78 is 27.7. The largest absolute Gasteiger partial charge is 0.344 e. The normalized spacial score (nSPS) is 21.7. The molecule has 2 aliphatic heterocycles. The number of rotatable bonds is 1. The highest BCUT2D eigenvalue weighted by atomic mass is 19.1. The number of hydrogen-bond acceptors (Lipinski definition) is 2. The zero-order valence-corrected chi connectivity index (χ0v) is 11.5. The first-order valence-corrected chi connectivity index (χ1v) is 7.15. The molecule has 2 heterocycles. The fraction of sp³-hybridized carbons (Fsp3) is 0.467. The van der Waals surface area contributed by atoms with Gasteiger partial charge in [0.05, 0.1) is 5.69 Å². The summed E-state index contributed by atoms with van der Waals surface area (Å²) in [6.45, 7) is 0.248. The van der Waals surface area contributed by atoms with Crippen molar-refractivity contribution in [2.45, 2.75) is 38.1 Å². The summed E-state index contributed by atoms with van der Waals surface area (Å²) >= 11 is 0. The molecule has 4 nitrogen and oxygen atoms in total. The number of carbonyl (C=O) groups is 2.